The van der Waals surface area contributed by atoms with E-state index in [9.17, 15) is 9.59 Å². The molecule has 0 aliphatic heterocycles. The molecule has 0 saturated heterocycles. The summed E-state index contributed by atoms with van der Waals surface area (Å²) in [7, 11) is 0. The number of amides is 1. The second-order valence-corrected chi connectivity index (χ2v) is 6.99. The Balaban J connectivity index is 1.74. The number of benzene rings is 3. The maximum absolute atomic E-state index is 12.8. The predicted octanol–water partition coefficient (Wildman–Crippen LogP) is 5.04. The number of aromatic nitrogens is 3. The summed E-state index contributed by atoms with van der Waals surface area (Å²) in [4.78, 5) is 28.9. The second-order valence-electron chi connectivity index (χ2n) is 6.58. The molecular weight excluding hydrogens is 400 g/mol. The van der Waals surface area contributed by atoms with Gasteiger partial charge < -0.3 is 5.32 Å². The summed E-state index contributed by atoms with van der Waals surface area (Å²) in [5, 5.41) is 7.65. The van der Waals surface area contributed by atoms with E-state index in [0.717, 1.165) is 5.56 Å². The second kappa shape index (κ2) is 8.31. The first kappa shape index (κ1) is 19.5. The van der Waals surface area contributed by atoms with Crippen LogP contribution in [-0.2, 0) is 0 Å². The van der Waals surface area contributed by atoms with Gasteiger partial charge in [0, 0.05) is 16.8 Å². The van der Waals surface area contributed by atoms with Gasteiger partial charge in [-0.3, -0.25) is 9.59 Å². The molecule has 0 aliphatic rings. The van der Waals surface area contributed by atoms with E-state index in [1.54, 1.807) is 35.0 Å². The largest absolute Gasteiger partial charge is 0.319 e. The van der Waals surface area contributed by atoms with Crippen molar-refractivity contribution >= 4 is 29.0 Å². The van der Waals surface area contributed by atoms with E-state index in [1.807, 2.05) is 48.5 Å². The van der Waals surface area contributed by atoms with Crippen LogP contribution in [0.1, 0.15) is 27.9 Å². The lowest BCUT2D eigenvalue weighted by molar-refractivity contribution is 0.100. The third-order valence-corrected chi connectivity index (χ3v) is 4.77. The minimum Gasteiger partial charge on any atom is -0.319 e. The standard InChI is InChI=1S/C23H17ClN4O2/c1-15(29)17-10-7-11-18(14-17)25-23(30)21-26-22(16-8-3-2-4-9-16)28(27-21)20-13-6-5-12-19(20)24/h2-14H,1H3,(H,25,30). The number of ketones is 1. The number of nitrogens with one attached hydrogen (secondary N) is 1. The van der Waals surface area contributed by atoms with Gasteiger partial charge in [0.15, 0.2) is 11.6 Å². The van der Waals surface area contributed by atoms with Crippen molar-refractivity contribution < 1.29 is 9.59 Å². The van der Waals surface area contributed by atoms with Crippen molar-refractivity contribution in [3.63, 3.8) is 0 Å². The van der Waals surface area contributed by atoms with Crippen molar-refractivity contribution in [2.75, 3.05) is 5.32 Å². The topological polar surface area (TPSA) is 76.9 Å². The number of hydrogen-bond donors (Lipinski definition) is 1. The third-order valence-electron chi connectivity index (χ3n) is 4.45. The zero-order valence-electron chi connectivity index (χ0n) is 16.0. The van der Waals surface area contributed by atoms with Crippen LogP contribution in [0.15, 0.2) is 78.9 Å². The van der Waals surface area contributed by atoms with Crippen LogP contribution < -0.4 is 5.32 Å². The van der Waals surface area contributed by atoms with Crippen LogP contribution >= 0.6 is 11.6 Å². The third kappa shape index (κ3) is 3.99. The number of para-hydroxylation sites is 1. The fourth-order valence-electron chi connectivity index (χ4n) is 2.98. The molecule has 0 atom stereocenters. The van der Waals surface area contributed by atoms with E-state index in [1.165, 1.54) is 6.92 Å². The molecule has 1 aromatic heterocycles. The summed E-state index contributed by atoms with van der Waals surface area (Å²) in [6.07, 6.45) is 0. The molecule has 0 saturated carbocycles. The molecule has 0 unspecified atom stereocenters. The van der Waals surface area contributed by atoms with E-state index in [-0.39, 0.29) is 11.6 Å². The van der Waals surface area contributed by atoms with Crippen molar-refractivity contribution in [3.8, 4) is 17.1 Å². The van der Waals surface area contributed by atoms with Crippen LogP contribution in [0.4, 0.5) is 5.69 Å². The van der Waals surface area contributed by atoms with Gasteiger partial charge in [0.1, 0.15) is 0 Å². The highest BCUT2D eigenvalue weighted by Crippen LogP contribution is 2.26. The van der Waals surface area contributed by atoms with Crippen molar-refractivity contribution in [2.45, 2.75) is 6.92 Å². The van der Waals surface area contributed by atoms with Gasteiger partial charge >= 0.3 is 0 Å². The van der Waals surface area contributed by atoms with Crippen molar-refractivity contribution in [3.05, 3.63) is 95.3 Å². The fourth-order valence-corrected chi connectivity index (χ4v) is 3.19. The molecule has 4 aromatic rings. The fraction of sp³-hybridized carbons (Fsp3) is 0.0435. The number of nitrogens with zero attached hydrogens (tertiary/aromatic N) is 3. The quantitative estimate of drug-likeness (QED) is 0.462. The Morgan fingerprint density at radius 2 is 1.67 bits per heavy atom. The molecular formula is C23H17ClN4O2. The normalized spacial score (nSPS) is 10.6. The SMILES string of the molecule is CC(=O)c1cccc(NC(=O)c2nc(-c3ccccc3)n(-c3ccccc3Cl)n2)c1. The van der Waals surface area contributed by atoms with E-state index in [2.05, 4.69) is 15.4 Å². The van der Waals surface area contributed by atoms with Crippen molar-refractivity contribution in [1.29, 1.82) is 0 Å². The maximum atomic E-state index is 12.8. The Bertz CT molecular complexity index is 1230. The highest BCUT2D eigenvalue weighted by atomic mass is 35.5. The zero-order valence-corrected chi connectivity index (χ0v) is 16.8. The van der Waals surface area contributed by atoms with Gasteiger partial charge in [-0.1, -0.05) is 66.2 Å². The number of carbonyl (C=O) groups excluding carboxylic acids is 2. The molecule has 7 heteroatoms. The van der Waals surface area contributed by atoms with Crippen LogP contribution in [0, 0.1) is 0 Å². The molecule has 3 aromatic carbocycles. The smallest absolute Gasteiger partial charge is 0.295 e. The van der Waals surface area contributed by atoms with Crippen LogP contribution in [0.3, 0.4) is 0 Å². The van der Waals surface area contributed by atoms with Gasteiger partial charge in [-0.05, 0) is 31.2 Å². The highest BCUT2D eigenvalue weighted by Gasteiger charge is 2.20. The Kier molecular flexibility index (Phi) is 5.41. The number of rotatable bonds is 5. The van der Waals surface area contributed by atoms with E-state index in [0.29, 0.717) is 27.8 Å². The summed E-state index contributed by atoms with van der Waals surface area (Å²) >= 11 is 6.36. The minimum atomic E-state index is -0.487. The first-order valence-corrected chi connectivity index (χ1v) is 9.60. The molecule has 4 rings (SSSR count). The lowest BCUT2D eigenvalue weighted by Gasteiger charge is -2.07. The molecule has 0 spiro atoms. The van der Waals surface area contributed by atoms with Gasteiger partial charge in [0.05, 0.1) is 10.7 Å². The maximum Gasteiger partial charge on any atom is 0.295 e. The van der Waals surface area contributed by atoms with E-state index < -0.39 is 5.91 Å². The molecule has 1 N–H and O–H groups in total. The summed E-state index contributed by atoms with van der Waals surface area (Å²) in [5.74, 6) is -0.0920. The van der Waals surface area contributed by atoms with Crippen LogP contribution in [0.25, 0.3) is 17.1 Å². The van der Waals surface area contributed by atoms with E-state index >= 15 is 0 Å². The number of carbonyl (C=O) groups is 2. The number of Topliss-reactive ketones (excluding diaryl/α,β-unsaturated/α-hetero) is 1. The van der Waals surface area contributed by atoms with Gasteiger partial charge in [0.2, 0.25) is 5.82 Å². The summed E-state index contributed by atoms with van der Waals surface area (Å²) < 4.78 is 1.55. The van der Waals surface area contributed by atoms with Crippen LogP contribution in [-0.4, -0.2) is 26.5 Å². The molecule has 6 nitrogen and oxygen atoms in total. The summed E-state index contributed by atoms with van der Waals surface area (Å²) in [5.41, 5.74) is 2.40. The van der Waals surface area contributed by atoms with Crippen molar-refractivity contribution in [1.82, 2.24) is 14.8 Å². The van der Waals surface area contributed by atoms with Gasteiger partial charge in [-0.25, -0.2) is 9.67 Å². The molecule has 148 valence electrons. The van der Waals surface area contributed by atoms with Gasteiger partial charge in [0.25, 0.3) is 5.91 Å². The lowest BCUT2D eigenvalue weighted by Crippen LogP contribution is -2.14. The molecule has 1 amide bonds. The molecule has 0 bridgehead atoms. The Labute approximate surface area is 178 Å². The van der Waals surface area contributed by atoms with E-state index in [4.69, 9.17) is 11.6 Å². The Morgan fingerprint density at radius 1 is 0.933 bits per heavy atom. The van der Waals surface area contributed by atoms with Gasteiger partial charge in [-0.15, -0.1) is 5.10 Å². The average molecular weight is 417 g/mol. The first-order valence-electron chi connectivity index (χ1n) is 9.22. The predicted molar refractivity (Wildman–Crippen MR) is 116 cm³/mol. The minimum absolute atomic E-state index is 0.0120. The Hall–Kier alpha value is -3.77. The summed E-state index contributed by atoms with van der Waals surface area (Å²) in [6, 6.07) is 23.4. The van der Waals surface area contributed by atoms with Gasteiger partial charge in [-0.2, -0.15) is 0 Å². The monoisotopic (exact) mass is 416 g/mol. The molecule has 30 heavy (non-hydrogen) atoms. The van der Waals surface area contributed by atoms with Crippen LogP contribution in [0.5, 0.6) is 0 Å². The highest BCUT2D eigenvalue weighted by molar-refractivity contribution is 6.32. The number of anilines is 1. The lowest BCUT2D eigenvalue weighted by atomic mass is 10.1. The number of hydrogen-bond acceptors (Lipinski definition) is 4. The molecule has 0 radical (unpaired) electrons. The molecule has 0 aliphatic carbocycles. The Morgan fingerprint density at radius 3 is 2.40 bits per heavy atom. The zero-order chi connectivity index (χ0) is 21.1. The first-order chi connectivity index (χ1) is 14.5. The molecule has 1 heterocycles. The number of halogens is 1. The summed E-state index contributed by atoms with van der Waals surface area (Å²) in [6.45, 7) is 1.47. The van der Waals surface area contributed by atoms with Crippen LogP contribution in [0.2, 0.25) is 5.02 Å². The average Bonchev–Trinajstić information content (AvgIpc) is 3.20. The van der Waals surface area contributed by atoms with Crippen molar-refractivity contribution in [2.24, 2.45) is 0 Å². The molecule has 0 fully saturated rings.